The molecule has 1 aliphatic rings. The second kappa shape index (κ2) is 8.76. The molecule has 0 heterocycles. The highest BCUT2D eigenvalue weighted by atomic mass is 16.3. The lowest BCUT2D eigenvalue weighted by molar-refractivity contribution is -0.126. The van der Waals surface area contributed by atoms with Crippen LogP contribution in [0.1, 0.15) is 26.7 Å². The Labute approximate surface area is 140 Å². The highest BCUT2D eigenvalue weighted by Crippen LogP contribution is 2.20. The Morgan fingerprint density at radius 3 is 2.50 bits per heavy atom. The minimum atomic E-state index is -1.24. The number of primary amides is 1. The zero-order valence-corrected chi connectivity index (χ0v) is 13.9. The Morgan fingerprint density at radius 2 is 1.96 bits per heavy atom. The van der Waals surface area contributed by atoms with E-state index in [1.807, 2.05) is 0 Å². The SMILES string of the molecule is CC(C)C(N)C(=O)NC1C=C(C(=O)NCCC(N)=O)CC(O)C1O. The topological polar surface area (TPSA) is 168 Å². The molecule has 1 aliphatic carbocycles. The van der Waals surface area contributed by atoms with E-state index >= 15 is 0 Å². The molecule has 9 heteroatoms. The van der Waals surface area contributed by atoms with Crippen LogP contribution in [0.2, 0.25) is 0 Å². The lowest BCUT2D eigenvalue weighted by Crippen LogP contribution is -2.55. The number of rotatable bonds is 7. The summed E-state index contributed by atoms with van der Waals surface area (Å²) in [7, 11) is 0. The average molecular weight is 342 g/mol. The molecule has 1 rings (SSSR count). The highest BCUT2D eigenvalue weighted by molar-refractivity contribution is 5.94. The molecule has 3 amide bonds. The zero-order valence-electron chi connectivity index (χ0n) is 13.9. The van der Waals surface area contributed by atoms with E-state index in [4.69, 9.17) is 11.5 Å². The minimum Gasteiger partial charge on any atom is -0.390 e. The maximum absolute atomic E-state index is 12.0. The van der Waals surface area contributed by atoms with Crippen LogP contribution in [0, 0.1) is 5.92 Å². The first-order chi connectivity index (χ1) is 11.1. The monoisotopic (exact) mass is 342 g/mol. The maximum Gasteiger partial charge on any atom is 0.247 e. The molecular formula is C15H26N4O5. The summed E-state index contributed by atoms with van der Waals surface area (Å²) in [6.45, 7) is 3.63. The number of aliphatic hydroxyl groups is 2. The van der Waals surface area contributed by atoms with Crippen LogP contribution in [0.5, 0.6) is 0 Å². The van der Waals surface area contributed by atoms with Crippen molar-refractivity contribution < 1.29 is 24.6 Å². The van der Waals surface area contributed by atoms with Gasteiger partial charge in [-0.3, -0.25) is 14.4 Å². The van der Waals surface area contributed by atoms with Crippen LogP contribution in [0.15, 0.2) is 11.6 Å². The van der Waals surface area contributed by atoms with Crippen molar-refractivity contribution in [2.75, 3.05) is 6.54 Å². The molecule has 0 saturated carbocycles. The van der Waals surface area contributed by atoms with Crippen LogP contribution in [-0.2, 0) is 14.4 Å². The molecule has 0 aromatic heterocycles. The van der Waals surface area contributed by atoms with E-state index in [9.17, 15) is 24.6 Å². The molecule has 0 radical (unpaired) electrons. The summed E-state index contributed by atoms with van der Waals surface area (Å²) >= 11 is 0. The molecule has 0 saturated heterocycles. The van der Waals surface area contributed by atoms with Gasteiger partial charge in [-0.25, -0.2) is 0 Å². The first kappa shape index (κ1) is 20.1. The summed E-state index contributed by atoms with van der Waals surface area (Å²) in [6.07, 6.45) is -1.12. The van der Waals surface area contributed by atoms with Gasteiger partial charge in [0.2, 0.25) is 17.7 Å². The van der Waals surface area contributed by atoms with Crippen molar-refractivity contribution >= 4 is 17.7 Å². The van der Waals surface area contributed by atoms with Crippen molar-refractivity contribution in [2.45, 2.75) is 51.0 Å². The van der Waals surface area contributed by atoms with Crippen LogP contribution in [-0.4, -0.2) is 58.8 Å². The number of hydrogen-bond acceptors (Lipinski definition) is 6. The maximum atomic E-state index is 12.0. The minimum absolute atomic E-state index is 0.00634. The van der Waals surface area contributed by atoms with E-state index in [0.717, 1.165) is 0 Å². The molecule has 9 nitrogen and oxygen atoms in total. The van der Waals surface area contributed by atoms with E-state index in [1.54, 1.807) is 13.8 Å². The van der Waals surface area contributed by atoms with E-state index < -0.39 is 42.0 Å². The van der Waals surface area contributed by atoms with Gasteiger partial charge in [0, 0.05) is 25.0 Å². The number of amides is 3. The van der Waals surface area contributed by atoms with E-state index in [-0.39, 0.29) is 30.9 Å². The molecule has 0 aliphatic heterocycles. The molecule has 0 aromatic carbocycles. The summed E-state index contributed by atoms with van der Waals surface area (Å²) in [6, 6.07) is -1.69. The Morgan fingerprint density at radius 1 is 1.33 bits per heavy atom. The summed E-state index contributed by atoms with van der Waals surface area (Å²) in [5.41, 5.74) is 10.9. The molecular weight excluding hydrogens is 316 g/mol. The van der Waals surface area contributed by atoms with Crippen molar-refractivity contribution in [1.29, 1.82) is 0 Å². The van der Waals surface area contributed by atoms with Crippen molar-refractivity contribution in [3.8, 4) is 0 Å². The van der Waals surface area contributed by atoms with Crippen molar-refractivity contribution in [2.24, 2.45) is 17.4 Å². The third-order valence-corrected chi connectivity index (χ3v) is 3.85. The van der Waals surface area contributed by atoms with E-state index in [1.165, 1.54) is 6.08 Å². The number of nitrogens with one attached hydrogen (secondary N) is 2. The van der Waals surface area contributed by atoms with Gasteiger partial charge >= 0.3 is 0 Å². The van der Waals surface area contributed by atoms with Crippen LogP contribution < -0.4 is 22.1 Å². The first-order valence-electron chi connectivity index (χ1n) is 7.82. The molecule has 8 N–H and O–H groups in total. The fourth-order valence-electron chi connectivity index (χ4n) is 2.24. The molecule has 136 valence electrons. The largest absolute Gasteiger partial charge is 0.390 e. The molecule has 24 heavy (non-hydrogen) atoms. The Balaban J connectivity index is 2.77. The number of nitrogens with two attached hydrogens (primary N) is 2. The van der Waals surface area contributed by atoms with Crippen LogP contribution in [0.4, 0.5) is 0 Å². The smallest absolute Gasteiger partial charge is 0.247 e. The number of hydrogen-bond donors (Lipinski definition) is 6. The van der Waals surface area contributed by atoms with Crippen LogP contribution >= 0.6 is 0 Å². The van der Waals surface area contributed by atoms with Gasteiger partial charge in [0.15, 0.2) is 0 Å². The predicted molar refractivity (Wildman–Crippen MR) is 86.3 cm³/mol. The standard InChI is InChI=1S/C15H26N4O5/c1-7(2)12(17)15(24)19-9-5-8(6-10(20)13(9)22)14(23)18-4-3-11(16)21/h5,7,9-10,12-13,20,22H,3-4,6,17H2,1-2H3,(H2,16,21)(H,18,23)(H,19,24). The second-order valence-corrected chi connectivity index (χ2v) is 6.23. The Hall–Kier alpha value is -1.97. The van der Waals surface area contributed by atoms with Gasteiger partial charge in [0.05, 0.1) is 18.2 Å². The summed E-state index contributed by atoms with van der Waals surface area (Å²) in [5, 5.41) is 25.0. The van der Waals surface area contributed by atoms with Crippen LogP contribution in [0.3, 0.4) is 0 Å². The first-order valence-corrected chi connectivity index (χ1v) is 7.82. The van der Waals surface area contributed by atoms with Gasteiger partial charge in [0.25, 0.3) is 0 Å². The average Bonchev–Trinajstić information content (AvgIpc) is 2.49. The third-order valence-electron chi connectivity index (χ3n) is 3.85. The van der Waals surface area contributed by atoms with Gasteiger partial charge in [-0.05, 0) is 5.92 Å². The van der Waals surface area contributed by atoms with Crippen molar-refractivity contribution in [1.82, 2.24) is 10.6 Å². The quantitative estimate of drug-likeness (QED) is 0.299. The lowest BCUT2D eigenvalue weighted by atomic mass is 9.89. The zero-order chi connectivity index (χ0) is 18.4. The van der Waals surface area contributed by atoms with Crippen LogP contribution in [0.25, 0.3) is 0 Å². The van der Waals surface area contributed by atoms with E-state index in [2.05, 4.69) is 10.6 Å². The number of aliphatic hydroxyl groups excluding tert-OH is 2. The van der Waals surface area contributed by atoms with Crippen molar-refractivity contribution in [3.05, 3.63) is 11.6 Å². The van der Waals surface area contributed by atoms with Gasteiger partial charge in [-0.2, -0.15) is 0 Å². The molecule has 0 fully saturated rings. The fraction of sp³-hybridized carbons (Fsp3) is 0.667. The predicted octanol–water partition coefficient (Wildman–Crippen LogP) is -2.50. The van der Waals surface area contributed by atoms with Gasteiger partial charge in [-0.1, -0.05) is 19.9 Å². The van der Waals surface area contributed by atoms with Gasteiger partial charge < -0.3 is 32.3 Å². The Bertz CT molecular complexity index is 520. The summed E-state index contributed by atoms with van der Waals surface area (Å²) < 4.78 is 0. The van der Waals surface area contributed by atoms with Gasteiger partial charge in [-0.15, -0.1) is 0 Å². The molecule has 4 atom stereocenters. The van der Waals surface area contributed by atoms with Gasteiger partial charge in [0.1, 0.15) is 6.10 Å². The number of carbonyl (C=O) groups excluding carboxylic acids is 3. The molecule has 0 aromatic rings. The Kier molecular flexibility index (Phi) is 7.33. The summed E-state index contributed by atoms with van der Waals surface area (Å²) in [5.74, 6) is -1.62. The lowest BCUT2D eigenvalue weighted by Gasteiger charge is -2.32. The molecule has 4 unspecified atom stereocenters. The normalized spacial score (nSPS) is 24.9. The molecule has 0 spiro atoms. The fourth-order valence-corrected chi connectivity index (χ4v) is 2.24. The molecule has 0 bridgehead atoms. The number of carbonyl (C=O) groups is 3. The highest BCUT2D eigenvalue weighted by Gasteiger charge is 2.34. The third kappa shape index (κ3) is 5.59. The van der Waals surface area contributed by atoms with E-state index in [0.29, 0.717) is 0 Å². The second-order valence-electron chi connectivity index (χ2n) is 6.23. The summed E-state index contributed by atoms with van der Waals surface area (Å²) in [4.78, 5) is 34.7. The van der Waals surface area contributed by atoms with Crippen molar-refractivity contribution in [3.63, 3.8) is 0 Å².